The zero-order valence-electron chi connectivity index (χ0n) is 21.1. The molecule has 0 saturated heterocycles. The molecule has 0 fully saturated rings. The molecule has 0 saturated carbocycles. The topological polar surface area (TPSA) is 29.1 Å². The Morgan fingerprint density at radius 3 is 1.10 bits per heavy atom. The van der Waals surface area contributed by atoms with Gasteiger partial charge in [-0.15, -0.1) is 0 Å². The molecule has 0 atom stereocenters. The van der Waals surface area contributed by atoms with Gasteiger partial charge in [-0.05, 0) is 12.8 Å². The fourth-order valence-electron chi connectivity index (χ4n) is 4.23. The number of rotatable bonds is 25. The maximum absolute atomic E-state index is 11.9. The van der Waals surface area contributed by atoms with E-state index in [1.54, 1.807) is 0 Å². The fraction of sp³-hybridized carbons (Fsp3) is 0.964. The Balaban J connectivity index is 3.13. The summed E-state index contributed by atoms with van der Waals surface area (Å²) in [4.78, 5) is 11.9. The van der Waals surface area contributed by atoms with Gasteiger partial charge in [0.25, 0.3) is 0 Å². The van der Waals surface area contributed by atoms with E-state index in [-0.39, 0.29) is 5.91 Å². The third kappa shape index (κ3) is 25.5. The summed E-state index contributed by atoms with van der Waals surface area (Å²) in [6.45, 7) is 5.44. The van der Waals surface area contributed by atoms with Crippen molar-refractivity contribution in [3.05, 3.63) is 0 Å². The molecule has 1 N–H and O–H groups in total. The van der Waals surface area contributed by atoms with Gasteiger partial charge >= 0.3 is 0 Å². The normalized spacial score (nSPS) is 11.1. The van der Waals surface area contributed by atoms with Crippen molar-refractivity contribution in [2.45, 2.75) is 168 Å². The third-order valence-corrected chi connectivity index (χ3v) is 6.36. The first-order chi connectivity index (χ1) is 14.8. The highest BCUT2D eigenvalue weighted by Gasteiger charge is 2.01. The van der Waals surface area contributed by atoms with Crippen LogP contribution < -0.4 is 5.32 Å². The molecule has 180 valence electrons. The van der Waals surface area contributed by atoms with Crippen LogP contribution in [0.25, 0.3) is 0 Å². The van der Waals surface area contributed by atoms with Gasteiger partial charge in [0.05, 0.1) is 0 Å². The minimum Gasteiger partial charge on any atom is -0.356 e. The average molecular weight is 424 g/mol. The van der Waals surface area contributed by atoms with Gasteiger partial charge in [-0.3, -0.25) is 4.79 Å². The van der Waals surface area contributed by atoms with Crippen molar-refractivity contribution >= 4 is 5.91 Å². The van der Waals surface area contributed by atoms with Crippen molar-refractivity contribution in [1.82, 2.24) is 5.32 Å². The molecular formula is C28H57NO. The van der Waals surface area contributed by atoms with E-state index in [2.05, 4.69) is 19.2 Å². The van der Waals surface area contributed by atoms with Gasteiger partial charge in [-0.1, -0.05) is 149 Å². The van der Waals surface area contributed by atoms with Crippen molar-refractivity contribution < 1.29 is 4.79 Å². The molecule has 0 aliphatic carbocycles. The maximum atomic E-state index is 11.9. The lowest BCUT2D eigenvalue weighted by atomic mass is 10.0. The van der Waals surface area contributed by atoms with Gasteiger partial charge in [0.15, 0.2) is 0 Å². The van der Waals surface area contributed by atoms with E-state index in [9.17, 15) is 4.79 Å². The molecule has 0 aliphatic rings. The van der Waals surface area contributed by atoms with E-state index in [0.717, 1.165) is 25.8 Å². The molecule has 1 amide bonds. The van der Waals surface area contributed by atoms with E-state index < -0.39 is 0 Å². The molecule has 0 aromatic rings. The average Bonchev–Trinajstić information content (AvgIpc) is 2.75. The molecule has 2 heteroatoms. The molecule has 2 nitrogen and oxygen atoms in total. The van der Waals surface area contributed by atoms with E-state index in [1.165, 1.54) is 135 Å². The Morgan fingerprint density at radius 2 is 0.733 bits per heavy atom. The Labute approximate surface area is 190 Å². The van der Waals surface area contributed by atoms with Crippen LogP contribution in [-0.2, 0) is 4.79 Å². The number of carbonyl (C=O) groups is 1. The largest absolute Gasteiger partial charge is 0.356 e. The number of nitrogens with one attached hydrogen (secondary N) is 1. The molecule has 0 radical (unpaired) electrons. The fourth-order valence-corrected chi connectivity index (χ4v) is 4.23. The Kier molecular flexibility index (Phi) is 26.0. The third-order valence-electron chi connectivity index (χ3n) is 6.36. The van der Waals surface area contributed by atoms with Crippen molar-refractivity contribution in [1.29, 1.82) is 0 Å². The summed E-state index contributed by atoms with van der Waals surface area (Å²) in [6, 6.07) is 0. The van der Waals surface area contributed by atoms with Crippen molar-refractivity contribution in [2.24, 2.45) is 0 Å². The molecular weight excluding hydrogens is 366 g/mol. The van der Waals surface area contributed by atoms with Crippen LogP contribution in [-0.4, -0.2) is 12.5 Å². The monoisotopic (exact) mass is 423 g/mol. The van der Waals surface area contributed by atoms with E-state index >= 15 is 0 Å². The zero-order chi connectivity index (χ0) is 22.0. The quantitative estimate of drug-likeness (QED) is 0.145. The van der Waals surface area contributed by atoms with Gasteiger partial charge in [-0.25, -0.2) is 0 Å². The van der Waals surface area contributed by atoms with Gasteiger partial charge in [0, 0.05) is 13.0 Å². The Hall–Kier alpha value is -0.530. The maximum Gasteiger partial charge on any atom is 0.219 e. The number of hydrogen-bond acceptors (Lipinski definition) is 1. The molecule has 0 aliphatic heterocycles. The lowest BCUT2D eigenvalue weighted by molar-refractivity contribution is -0.121. The van der Waals surface area contributed by atoms with Crippen LogP contribution in [0.1, 0.15) is 168 Å². The first-order valence-electron chi connectivity index (χ1n) is 14.1. The molecule has 0 unspecified atom stereocenters. The highest BCUT2D eigenvalue weighted by molar-refractivity contribution is 5.75. The van der Waals surface area contributed by atoms with Crippen LogP contribution in [0.4, 0.5) is 0 Å². The number of amides is 1. The minimum absolute atomic E-state index is 0.272. The molecule has 0 spiro atoms. The predicted octanol–water partition coefficient (Wildman–Crippen LogP) is 9.50. The lowest BCUT2D eigenvalue weighted by Gasteiger charge is -2.06. The van der Waals surface area contributed by atoms with Gasteiger partial charge < -0.3 is 5.32 Å². The lowest BCUT2D eigenvalue weighted by Crippen LogP contribution is -2.23. The van der Waals surface area contributed by atoms with E-state index in [4.69, 9.17) is 0 Å². The minimum atomic E-state index is 0.272. The molecule has 0 heterocycles. The molecule has 0 aromatic heterocycles. The van der Waals surface area contributed by atoms with Crippen LogP contribution in [0, 0.1) is 0 Å². The second-order valence-corrected chi connectivity index (χ2v) is 9.52. The van der Waals surface area contributed by atoms with Crippen LogP contribution >= 0.6 is 0 Å². The Morgan fingerprint density at radius 1 is 0.433 bits per heavy atom. The first kappa shape index (κ1) is 29.5. The summed E-state index contributed by atoms with van der Waals surface area (Å²) in [5, 5.41) is 3.11. The SMILES string of the molecule is CCCCCCCCCCCCCCNC(=O)CCCCCCCCCCCCC. The van der Waals surface area contributed by atoms with Crippen molar-refractivity contribution in [2.75, 3.05) is 6.54 Å². The van der Waals surface area contributed by atoms with Crippen molar-refractivity contribution in [3.63, 3.8) is 0 Å². The van der Waals surface area contributed by atoms with Crippen LogP contribution in [0.5, 0.6) is 0 Å². The van der Waals surface area contributed by atoms with Crippen LogP contribution in [0.3, 0.4) is 0 Å². The molecule has 30 heavy (non-hydrogen) atoms. The standard InChI is InChI=1S/C28H57NO/c1-3-5-7-9-11-13-15-17-19-21-23-25-27-29-28(30)26-24-22-20-18-16-14-12-10-8-6-4-2/h3-27H2,1-2H3,(H,29,30). The smallest absolute Gasteiger partial charge is 0.219 e. The second kappa shape index (κ2) is 26.5. The Bertz CT molecular complexity index is 329. The van der Waals surface area contributed by atoms with Crippen LogP contribution in [0.15, 0.2) is 0 Å². The zero-order valence-corrected chi connectivity index (χ0v) is 21.1. The number of hydrogen-bond donors (Lipinski definition) is 1. The first-order valence-corrected chi connectivity index (χ1v) is 14.1. The van der Waals surface area contributed by atoms with Gasteiger partial charge in [0.1, 0.15) is 0 Å². The van der Waals surface area contributed by atoms with Crippen LogP contribution in [0.2, 0.25) is 0 Å². The molecule has 0 rings (SSSR count). The predicted molar refractivity (Wildman–Crippen MR) is 135 cm³/mol. The summed E-state index contributed by atoms with van der Waals surface area (Å²) in [6.07, 6.45) is 31.9. The highest BCUT2D eigenvalue weighted by atomic mass is 16.1. The second-order valence-electron chi connectivity index (χ2n) is 9.52. The molecule has 0 aromatic carbocycles. The van der Waals surface area contributed by atoms with Crippen molar-refractivity contribution in [3.8, 4) is 0 Å². The summed E-state index contributed by atoms with van der Waals surface area (Å²) in [7, 11) is 0. The van der Waals surface area contributed by atoms with E-state index in [0.29, 0.717) is 0 Å². The molecule has 0 bridgehead atoms. The summed E-state index contributed by atoms with van der Waals surface area (Å²) in [5.41, 5.74) is 0. The number of unbranched alkanes of at least 4 members (excludes halogenated alkanes) is 21. The van der Waals surface area contributed by atoms with Gasteiger partial charge in [-0.2, -0.15) is 0 Å². The highest BCUT2D eigenvalue weighted by Crippen LogP contribution is 2.13. The van der Waals surface area contributed by atoms with E-state index in [1.807, 2.05) is 0 Å². The van der Waals surface area contributed by atoms with Gasteiger partial charge in [0.2, 0.25) is 5.91 Å². The summed E-state index contributed by atoms with van der Waals surface area (Å²) in [5.74, 6) is 0.272. The summed E-state index contributed by atoms with van der Waals surface area (Å²) < 4.78 is 0. The summed E-state index contributed by atoms with van der Waals surface area (Å²) >= 11 is 0. The number of carbonyl (C=O) groups excluding carboxylic acids is 1.